The molecule has 1 aromatic rings. The van der Waals surface area contributed by atoms with Crippen LogP contribution in [0.2, 0.25) is 5.02 Å². The number of rotatable bonds is 2. The van der Waals surface area contributed by atoms with Crippen LogP contribution >= 0.6 is 23.8 Å². The minimum Gasteiger partial charge on any atom is -0.332 e. The molecule has 116 valence electrons. The number of hydrogen-bond acceptors (Lipinski definition) is 4. The summed E-state index contributed by atoms with van der Waals surface area (Å²) in [5.41, 5.74) is 4.17. The van der Waals surface area contributed by atoms with Crippen LogP contribution in [0.5, 0.6) is 0 Å². The Bertz CT molecular complexity index is 633. The largest absolute Gasteiger partial charge is 0.332 e. The van der Waals surface area contributed by atoms with E-state index in [1.807, 2.05) is 29.2 Å². The summed E-state index contributed by atoms with van der Waals surface area (Å²) in [5.74, 6) is 5.53. The molecule has 2 aliphatic rings. The normalized spacial score (nSPS) is 21.3. The zero-order chi connectivity index (χ0) is 15.7. The van der Waals surface area contributed by atoms with Crippen LogP contribution in [0.1, 0.15) is 18.4 Å². The van der Waals surface area contributed by atoms with E-state index in [1.54, 1.807) is 5.01 Å². The van der Waals surface area contributed by atoms with Crippen LogP contribution in [0.15, 0.2) is 29.4 Å². The minimum absolute atomic E-state index is 0.123. The summed E-state index contributed by atoms with van der Waals surface area (Å²) in [6.07, 6.45) is 1.47. The summed E-state index contributed by atoms with van der Waals surface area (Å²) in [6, 6.07) is 7.30. The average Bonchev–Trinajstić information content (AvgIpc) is 3.13. The van der Waals surface area contributed by atoms with Crippen molar-refractivity contribution in [3.8, 4) is 0 Å². The Balaban J connectivity index is 1.94. The Morgan fingerprint density at radius 2 is 2.14 bits per heavy atom. The Kier molecular flexibility index (Phi) is 4.28. The van der Waals surface area contributed by atoms with E-state index in [0.29, 0.717) is 23.1 Å². The number of hydrazine groups is 1. The number of amides is 1. The Morgan fingerprint density at radius 3 is 2.73 bits per heavy atom. The van der Waals surface area contributed by atoms with Gasteiger partial charge >= 0.3 is 0 Å². The van der Waals surface area contributed by atoms with E-state index in [9.17, 15) is 4.79 Å². The van der Waals surface area contributed by atoms with Gasteiger partial charge < -0.3 is 4.90 Å². The molecule has 0 radical (unpaired) electrons. The summed E-state index contributed by atoms with van der Waals surface area (Å²) in [7, 11) is 0. The molecule has 22 heavy (non-hydrogen) atoms. The second-order valence-corrected chi connectivity index (χ2v) is 6.05. The first-order valence-corrected chi connectivity index (χ1v) is 7.81. The van der Waals surface area contributed by atoms with E-state index in [2.05, 4.69) is 10.5 Å². The lowest BCUT2D eigenvalue weighted by atomic mass is 10.0. The molecule has 8 heteroatoms. The van der Waals surface area contributed by atoms with Gasteiger partial charge in [0.25, 0.3) is 0 Å². The number of thiocarbonyl (C=S) groups is 1. The molecule has 2 aliphatic heterocycles. The Labute approximate surface area is 138 Å². The van der Waals surface area contributed by atoms with E-state index in [1.165, 1.54) is 0 Å². The molecule has 3 N–H and O–H groups in total. The highest BCUT2D eigenvalue weighted by Crippen LogP contribution is 2.24. The number of nitrogens with one attached hydrogen (secondary N) is 1. The summed E-state index contributed by atoms with van der Waals surface area (Å²) in [4.78, 5) is 14.0. The zero-order valence-corrected chi connectivity index (χ0v) is 13.4. The van der Waals surface area contributed by atoms with Gasteiger partial charge in [-0.2, -0.15) is 5.10 Å². The fourth-order valence-corrected chi connectivity index (χ4v) is 3.05. The molecule has 1 amide bonds. The van der Waals surface area contributed by atoms with Crippen LogP contribution in [0, 0.1) is 0 Å². The summed E-state index contributed by atoms with van der Waals surface area (Å²) in [6.45, 7) is 1.25. The first-order chi connectivity index (χ1) is 10.6. The lowest BCUT2D eigenvalue weighted by molar-refractivity contribution is -0.128. The molecular weight excluding hydrogens is 322 g/mol. The van der Waals surface area contributed by atoms with Crippen molar-refractivity contribution in [1.29, 1.82) is 0 Å². The fraction of sp³-hybridized carbons (Fsp3) is 0.357. The fourth-order valence-electron chi connectivity index (χ4n) is 2.81. The monoisotopic (exact) mass is 337 g/mol. The van der Waals surface area contributed by atoms with Gasteiger partial charge in [-0.3, -0.25) is 10.2 Å². The lowest BCUT2D eigenvalue weighted by Gasteiger charge is -2.25. The molecule has 3 rings (SSSR count). The molecule has 0 spiro atoms. The highest BCUT2D eigenvalue weighted by atomic mass is 35.5. The maximum atomic E-state index is 12.1. The second kappa shape index (κ2) is 6.20. The highest BCUT2D eigenvalue weighted by molar-refractivity contribution is 7.80. The first kappa shape index (κ1) is 15.2. The van der Waals surface area contributed by atoms with Gasteiger partial charge in [0.15, 0.2) is 0 Å². The van der Waals surface area contributed by atoms with Crippen LogP contribution in [0.4, 0.5) is 0 Å². The van der Waals surface area contributed by atoms with Gasteiger partial charge in [-0.25, -0.2) is 10.9 Å². The number of carbonyl (C=O) groups is 1. The molecule has 0 aromatic heterocycles. The summed E-state index contributed by atoms with van der Waals surface area (Å²) >= 11 is 11.1. The summed E-state index contributed by atoms with van der Waals surface area (Å²) < 4.78 is 0. The SMILES string of the molecule is NNC(=S)N1CC(N2CCCC2=O)C(c2ccc(Cl)cc2)=N1. The van der Waals surface area contributed by atoms with E-state index in [4.69, 9.17) is 29.7 Å². The van der Waals surface area contributed by atoms with Crippen molar-refractivity contribution >= 4 is 40.6 Å². The van der Waals surface area contributed by atoms with Crippen LogP contribution in [0.25, 0.3) is 0 Å². The van der Waals surface area contributed by atoms with E-state index >= 15 is 0 Å². The molecule has 1 saturated heterocycles. The number of likely N-dealkylation sites (tertiary alicyclic amines) is 1. The van der Waals surface area contributed by atoms with Crippen LogP contribution in [-0.4, -0.2) is 45.8 Å². The Hall–Kier alpha value is -1.70. The van der Waals surface area contributed by atoms with Crippen molar-refractivity contribution < 1.29 is 4.79 Å². The van der Waals surface area contributed by atoms with Gasteiger partial charge in [0.05, 0.1) is 18.3 Å². The van der Waals surface area contributed by atoms with Gasteiger partial charge in [-0.15, -0.1) is 0 Å². The average molecular weight is 338 g/mol. The molecule has 2 heterocycles. The van der Waals surface area contributed by atoms with E-state index in [0.717, 1.165) is 24.2 Å². The minimum atomic E-state index is -0.123. The number of nitrogens with zero attached hydrogens (tertiary/aromatic N) is 3. The quantitative estimate of drug-likeness (QED) is 0.480. The van der Waals surface area contributed by atoms with Gasteiger partial charge in [-0.1, -0.05) is 23.7 Å². The van der Waals surface area contributed by atoms with Crippen LogP contribution in [-0.2, 0) is 4.79 Å². The first-order valence-electron chi connectivity index (χ1n) is 7.02. The number of benzene rings is 1. The predicted molar refractivity (Wildman–Crippen MR) is 89.4 cm³/mol. The standard InChI is InChI=1S/C14H16ClN5OS/c15-10-5-3-9(4-6-10)13-11(19-7-1-2-12(19)21)8-20(18-13)14(22)17-16/h3-6,11H,1-2,7-8,16H2,(H,17,22). The lowest BCUT2D eigenvalue weighted by Crippen LogP contribution is -2.46. The maximum Gasteiger partial charge on any atom is 0.223 e. The molecule has 1 unspecified atom stereocenters. The van der Waals surface area contributed by atoms with Gasteiger partial charge in [-0.05, 0) is 30.8 Å². The molecule has 1 atom stereocenters. The molecule has 1 fully saturated rings. The van der Waals surface area contributed by atoms with E-state index < -0.39 is 0 Å². The van der Waals surface area contributed by atoms with Crippen molar-refractivity contribution in [2.45, 2.75) is 18.9 Å². The smallest absolute Gasteiger partial charge is 0.223 e. The molecule has 0 aliphatic carbocycles. The maximum absolute atomic E-state index is 12.1. The van der Waals surface area contributed by atoms with Gasteiger partial charge in [0.2, 0.25) is 11.0 Å². The highest BCUT2D eigenvalue weighted by Gasteiger charge is 2.38. The topological polar surface area (TPSA) is 74.0 Å². The third kappa shape index (κ3) is 2.79. The van der Waals surface area contributed by atoms with Gasteiger partial charge in [0, 0.05) is 23.6 Å². The molecular formula is C14H16ClN5OS. The van der Waals surface area contributed by atoms with Crippen molar-refractivity contribution in [2.75, 3.05) is 13.1 Å². The van der Waals surface area contributed by atoms with Crippen molar-refractivity contribution in [2.24, 2.45) is 10.9 Å². The van der Waals surface area contributed by atoms with E-state index in [-0.39, 0.29) is 11.9 Å². The third-order valence-corrected chi connectivity index (χ3v) is 4.45. The second-order valence-electron chi connectivity index (χ2n) is 5.23. The molecule has 1 aromatic carbocycles. The number of hydrogen-bond donors (Lipinski definition) is 2. The van der Waals surface area contributed by atoms with Crippen molar-refractivity contribution in [3.05, 3.63) is 34.9 Å². The number of carbonyl (C=O) groups excluding carboxylic acids is 1. The zero-order valence-electron chi connectivity index (χ0n) is 11.8. The van der Waals surface area contributed by atoms with Gasteiger partial charge in [0.1, 0.15) is 0 Å². The van der Waals surface area contributed by atoms with Crippen molar-refractivity contribution in [3.63, 3.8) is 0 Å². The summed E-state index contributed by atoms with van der Waals surface area (Å²) in [5, 5.41) is 7.16. The molecule has 6 nitrogen and oxygen atoms in total. The number of halogens is 1. The number of nitrogens with two attached hydrogens (primary N) is 1. The molecule has 0 saturated carbocycles. The number of hydrazone groups is 1. The predicted octanol–water partition coefficient (Wildman–Crippen LogP) is 1.10. The molecule has 0 bridgehead atoms. The Morgan fingerprint density at radius 1 is 1.41 bits per heavy atom. The third-order valence-electron chi connectivity index (χ3n) is 3.87. The van der Waals surface area contributed by atoms with Crippen molar-refractivity contribution in [1.82, 2.24) is 15.3 Å². The van der Waals surface area contributed by atoms with Crippen LogP contribution < -0.4 is 11.3 Å². The van der Waals surface area contributed by atoms with Crippen LogP contribution in [0.3, 0.4) is 0 Å².